The van der Waals surface area contributed by atoms with Crippen LogP contribution in [0.15, 0.2) is 36.4 Å². The maximum absolute atomic E-state index is 13.1. The molecular formula is C30H43F2N3O4. The Balaban J connectivity index is 1.84. The Morgan fingerprint density at radius 3 is 2.56 bits per heavy atom. The van der Waals surface area contributed by atoms with Crippen molar-refractivity contribution in [2.24, 2.45) is 0 Å². The number of hydrogen-bond acceptors (Lipinski definition) is 6. The summed E-state index contributed by atoms with van der Waals surface area (Å²) in [5, 5.41) is 12.5. The van der Waals surface area contributed by atoms with Crippen molar-refractivity contribution in [3.8, 4) is 5.88 Å². The monoisotopic (exact) mass is 547 g/mol. The first-order valence-electron chi connectivity index (χ1n) is 14.0. The number of carboxylic acid groups (broad SMARTS) is 1. The summed E-state index contributed by atoms with van der Waals surface area (Å²) in [7, 11) is 0. The van der Waals surface area contributed by atoms with Crippen LogP contribution in [-0.4, -0.2) is 60.0 Å². The van der Waals surface area contributed by atoms with E-state index in [1.807, 2.05) is 12.1 Å². The molecule has 1 aromatic heterocycles. The molecule has 39 heavy (non-hydrogen) atoms. The summed E-state index contributed by atoms with van der Waals surface area (Å²) in [6, 6.07) is 11.9. The van der Waals surface area contributed by atoms with E-state index in [4.69, 9.17) is 14.6 Å². The van der Waals surface area contributed by atoms with Crippen molar-refractivity contribution in [3.63, 3.8) is 0 Å². The Kier molecular flexibility index (Phi) is 11.5. The Hall–Kier alpha value is -2.78. The highest BCUT2D eigenvalue weighted by atomic mass is 19.3. The number of benzene rings is 1. The van der Waals surface area contributed by atoms with Crippen molar-refractivity contribution < 1.29 is 28.2 Å². The minimum Gasteiger partial charge on any atom is -0.481 e. The van der Waals surface area contributed by atoms with Crippen LogP contribution in [-0.2, 0) is 14.9 Å². The zero-order chi connectivity index (χ0) is 28.4. The van der Waals surface area contributed by atoms with E-state index in [1.165, 1.54) is 11.1 Å². The average molecular weight is 548 g/mol. The maximum atomic E-state index is 13.1. The van der Waals surface area contributed by atoms with Gasteiger partial charge in [0.15, 0.2) is 0 Å². The SMILES string of the molecule is CCCCCOC(CCCC(=O)O)N1CC(CNc2ccc(C)nc2OC(F)F)(c2ccccc2C(C)C)C1. The van der Waals surface area contributed by atoms with Gasteiger partial charge in [-0.15, -0.1) is 0 Å². The van der Waals surface area contributed by atoms with Crippen LogP contribution in [0.3, 0.4) is 0 Å². The van der Waals surface area contributed by atoms with Crippen molar-refractivity contribution >= 4 is 11.7 Å². The van der Waals surface area contributed by atoms with Crippen LogP contribution >= 0.6 is 0 Å². The normalized spacial score (nSPS) is 15.8. The molecule has 0 aliphatic carbocycles. The summed E-state index contributed by atoms with van der Waals surface area (Å²) in [4.78, 5) is 17.6. The van der Waals surface area contributed by atoms with Crippen LogP contribution in [0.25, 0.3) is 0 Å². The molecule has 3 rings (SSSR count). The molecule has 1 unspecified atom stereocenters. The molecule has 1 fully saturated rings. The highest BCUT2D eigenvalue weighted by Crippen LogP contribution is 2.41. The minimum atomic E-state index is -2.97. The molecule has 0 radical (unpaired) electrons. The van der Waals surface area contributed by atoms with E-state index in [2.05, 4.69) is 48.1 Å². The number of alkyl halides is 2. The van der Waals surface area contributed by atoms with Crippen molar-refractivity contribution in [1.82, 2.24) is 9.88 Å². The fourth-order valence-corrected chi connectivity index (χ4v) is 5.27. The molecule has 216 valence electrons. The third kappa shape index (κ3) is 8.60. The number of aryl methyl sites for hydroxylation is 1. The molecule has 0 saturated carbocycles. The van der Waals surface area contributed by atoms with Gasteiger partial charge >= 0.3 is 12.6 Å². The Morgan fingerprint density at radius 2 is 1.90 bits per heavy atom. The van der Waals surface area contributed by atoms with E-state index >= 15 is 0 Å². The van der Waals surface area contributed by atoms with Crippen LogP contribution in [0.5, 0.6) is 5.88 Å². The van der Waals surface area contributed by atoms with E-state index < -0.39 is 12.6 Å². The van der Waals surface area contributed by atoms with Gasteiger partial charge in [0.2, 0.25) is 5.88 Å². The fourth-order valence-electron chi connectivity index (χ4n) is 5.27. The van der Waals surface area contributed by atoms with Crippen molar-refractivity contribution in [2.75, 3.05) is 31.6 Å². The number of anilines is 1. The predicted molar refractivity (Wildman–Crippen MR) is 149 cm³/mol. The van der Waals surface area contributed by atoms with Gasteiger partial charge in [-0.05, 0) is 55.4 Å². The number of aromatic nitrogens is 1. The second kappa shape index (κ2) is 14.6. The number of carbonyl (C=O) groups is 1. The molecule has 7 nitrogen and oxygen atoms in total. The smallest absolute Gasteiger partial charge is 0.388 e. The first-order valence-corrected chi connectivity index (χ1v) is 14.0. The number of nitrogens with zero attached hydrogens (tertiary/aromatic N) is 2. The molecule has 2 aromatic rings. The lowest BCUT2D eigenvalue weighted by Gasteiger charge is -2.54. The van der Waals surface area contributed by atoms with Gasteiger partial charge in [0.05, 0.1) is 5.69 Å². The molecular weight excluding hydrogens is 504 g/mol. The van der Waals surface area contributed by atoms with Gasteiger partial charge in [0, 0.05) is 43.8 Å². The summed E-state index contributed by atoms with van der Waals surface area (Å²) < 4.78 is 37.2. The fraction of sp³-hybridized carbons (Fsp3) is 0.600. The summed E-state index contributed by atoms with van der Waals surface area (Å²) in [5.74, 6) is -0.608. The van der Waals surface area contributed by atoms with Gasteiger partial charge in [-0.3, -0.25) is 9.69 Å². The number of likely N-dealkylation sites (tertiary alicyclic amines) is 1. The van der Waals surface area contributed by atoms with Crippen LogP contribution in [0, 0.1) is 6.92 Å². The van der Waals surface area contributed by atoms with Crippen LogP contribution in [0.1, 0.15) is 82.0 Å². The van der Waals surface area contributed by atoms with Crippen molar-refractivity contribution in [3.05, 3.63) is 53.2 Å². The zero-order valence-electron chi connectivity index (χ0n) is 23.6. The van der Waals surface area contributed by atoms with E-state index in [9.17, 15) is 13.6 Å². The Labute approximate surface area is 230 Å². The standard InChI is InChI=1S/C30H43F2N3O4/c1-5-6-9-17-38-26(13-10-14-27(36)37)35-19-30(20-35,24-12-8-7-11-23(24)21(2)3)18-33-25-16-15-22(4)34-28(25)39-29(31)32/h7-8,11-12,15-16,21,26,29,33H,5-6,9-10,13-14,17-20H2,1-4H3,(H,36,37). The topological polar surface area (TPSA) is 83.9 Å². The third-order valence-electron chi connectivity index (χ3n) is 7.29. The molecule has 2 heterocycles. The van der Waals surface area contributed by atoms with E-state index in [0.29, 0.717) is 56.4 Å². The molecule has 0 bridgehead atoms. The van der Waals surface area contributed by atoms with Gasteiger partial charge in [0.1, 0.15) is 6.23 Å². The van der Waals surface area contributed by atoms with E-state index in [1.54, 1.807) is 19.1 Å². The Bertz CT molecular complexity index is 1060. The van der Waals surface area contributed by atoms with Crippen molar-refractivity contribution in [2.45, 2.75) is 90.4 Å². The number of carboxylic acids is 1. The van der Waals surface area contributed by atoms with Gasteiger partial charge < -0.3 is 19.9 Å². The second-order valence-corrected chi connectivity index (χ2v) is 10.8. The quantitative estimate of drug-likeness (QED) is 0.217. The number of aliphatic carboxylic acids is 1. The van der Waals surface area contributed by atoms with Gasteiger partial charge in [-0.1, -0.05) is 57.9 Å². The highest BCUT2D eigenvalue weighted by molar-refractivity contribution is 5.66. The summed E-state index contributed by atoms with van der Waals surface area (Å²) in [6.07, 6.45) is 4.28. The minimum absolute atomic E-state index is 0.110. The largest absolute Gasteiger partial charge is 0.481 e. The van der Waals surface area contributed by atoms with Crippen molar-refractivity contribution in [1.29, 1.82) is 0 Å². The first kappa shape index (κ1) is 30.8. The lowest BCUT2D eigenvalue weighted by Crippen LogP contribution is -2.65. The lowest BCUT2D eigenvalue weighted by atomic mass is 9.70. The van der Waals surface area contributed by atoms with Crippen LogP contribution in [0.2, 0.25) is 0 Å². The van der Waals surface area contributed by atoms with Gasteiger partial charge in [0.25, 0.3) is 0 Å². The first-order chi connectivity index (χ1) is 18.6. The number of pyridine rings is 1. The molecule has 0 spiro atoms. The maximum Gasteiger partial charge on any atom is 0.388 e. The summed E-state index contributed by atoms with van der Waals surface area (Å²) >= 11 is 0. The molecule has 1 aliphatic rings. The van der Waals surface area contributed by atoms with Crippen LogP contribution in [0.4, 0.5) is 14.5 Å². The molecule has 1 atom stereocenters. The number of rotatable bonds is 17. The molecule has 0 amide bonds. The number of ether oxygens (including phenoxy) is 2. The molecule has 1 aliphatic heterocycles. The molecule has 9 heteroatoms. The molecule has 1 saturated heterocycles. The third-order valence-corrected chi connectivity index (χ3v) is 7.29. The predicted octanol–water partition coefficient (Wildman–Crippen LogP) is 6.57. The number of nitrogens with one attached hydrogen (secondary N) is 1. The second-order valence-electron chi connectivity index (χ2n) is 10.8. The number of hydrogen-bond donors (Lipinski definition) is 2. The average Bonchev–Trinajstić information content (AvgIpc) is 2.86. The van der Waals surface area contributed by atoms with Gasteiger partial charge in [-0.25, -0.2) is 4.98 Å². The zero-order valence-corrected chi connectivity index (χ0v) is 23.6. The Morgan fingerprint density at radius 1 is 1.15 bits per heavy atom. The molecule has 1 aromatic carbocycles. The van der Waals surface area contributed by atoms with Gasteiger partial charge in [-0.2, -0.15) is 8.78 Å². The number of halogens is 2. The van der Waals surface area contributed by atoms with E-state index in [0.717, 1.165) is 19.3 Å². The molecule has 2 N–H and O–H groups in total. The van der Waals surface area contributed by atoms with Crippen LogP contribution < -0.4 is 10.1 Å². The lowest BCUT2D eigenvalue weighted by molar-refractivity contribution is -0.138. The summed E-state index contributed by atoms with van der Waals surface area (Å²) in [5.41, 5.74) is 3.18. The summed E-state index contributed by atoms with van der Waals surface area (Å²) in [6.45, 7) is 7.77. The highest BCUT2D eigenvalue weighted by Gasteiger charge is 2.48. The van der Waals surface area contributed by atoms with E-state index in [-0.39, 0.29) is 23.9 Å². The number of unbranched alkanes of at least 4 members (excludes halogenated alkanes) is 2.